The predicted molar refractivity (Wildman–Crippen MR) is 69.3 cm³/mol. The van der Waals surface area contributed by atoms with E-state index in [9.17, 15) is 8.42 Å². The van der Waals surface area contributed by atoms with Gasteiger partial charge in [-0.25, -0.2) is 13.4 Å². The number of nitrogens with zero attached hydrogens (tertiary/aromatic N) is 2. The highest BCUT2D eigenvalue weighted by Gasteiger charge is 2.31. The summed E-state index contributed by atoms with van der Waals surface area (Å²) >= 11 is 1.30. The van der Waals surface area contributed by atoms with Crippen LogP contribution in [0.15, 0.2) is 0 Å². The van der Waals surface area contributed by atoms with Gasteiger partial charge in [0.05, 0.1) is 11.5 Å². The molecule has 0 radical (unpaired) electrons. The van der Waals surface area contributed by atoms with Crippen molar-refractivity contribution in [1.82, 2.24) is 9.36 Å². The molecule has 2 rings (SSSR count). The summed E-state index contributed by atoms with van der Waals surface area (Å²) in [5.41, 5.74) is -0.0570. The molecule has 0 spiro atoms. The van der Waals surface area contributed by atoms with Crippen molar-refractivity contribution in [2.24, 2.45) is 0 Å². The molecule has 1 aromatic rings. The lowest BCUT2D eigenvalue weighted by atomic mass is 10.1. The fourth-order valence-corrected chi connectivity index (χ4v) is 4.37. The Kier molecular flexibility index (Phi) is 3.15. The summed E-state index contributed by atoms with van der Waals surface area (Å²) in [6, 6.07) is 0. The van der Waals surface area contributed by atoms with Crippen molar-refractivity contribution < 1.29 is 8.42 Å². The van der Waals surface area contributed by atoms with Gasteiger partial charge in [0, 0.05) is 23.0 Å². The summed E-state index contributed by atoms with van der Waals surface area (Å²) in [5, 5.41) is 4.00. The van der Waals surface area contributed by atoms with E-state index in [-0.39, 0.29) is 23.0 Å². The molecule has 1 aliphatic rings. The Bertz CT molecular complexity index is 502. The summed E-state index contributed by atoms with van der Waals surface area (Å²) in [5.74, 6) is 1.10. The second-order valence-electron chi connectivity index (χ2n) is 5.43. The highest BCUT2D eigenvalue weighted by molar-refractivity contribution is 7.91. The van der Waals surface area contributed by atoms with Crippen molar-refractivity contribution in [2.45, 2.75) is 38.6 Å². The smallest absolute Gasteiger partial charge is 0.202 e. The van der Waals surface area contributed by atoms with Gasteiger partial charge in [-0.1, -0.05) is 0 Å². The minimum Gasteiger partial charge on any atom is -0.356 e. The molecule has 1 atom stereocenters. The van der Waals surface area contributed by atoms with E-state index >= 15 is 0 Å². The van der Waals surface area contributed by atoms with Crippen LogP contribution in [0.4, 0.5) is 5.13 Å². The van der Waals surface area contributed by atoms with Crippen LogP contribution in [0, 0.1) is 0 Å². The van der Waals surface area contributed by atoms with Crippen LogP contribution in [0.1, 0.15) is 38.9 Å². The highest BCUT2D eigenvalue weighted by Crippen LogP contribution is 2.29. The zero-order chi connectivity index (χ0) is 12.7. The molecule has 0 aromatic carbocycles. The third kappa shape index (κ3) is 3.38. The minimum absolute atomic E-state index is 0.0215. The van der Waals surface area contributed by atoms with Crippen molar-refractivity contribution in [2.75, 3.05) is 16.8 Å². The maximum Gasteiger partial charge on any atom is 0.202 e. The van der Waals surface area contributed by atoms with E-state index in [0.29, 0.717) is 12.2 Å². The van der Waals surface area contributed by atoms with E-state index in [0.717, 1.165) is 5.13 Å². The molecule has 1 fully saturated rings. The third-order valence-electron chi connectivity index (χ3n) is 2.52. The second kappa shape index (κ2) is 4.20. The van der Waals surface area contributed by atoms with Crippen LogP contribution in [0.25, 0.3) is 0 Å². The molecule has 0 amide bonds. The van der Waals surface area contributed by atoms with Gasteiger partial charge < -0.3 is 5.32 Å². The van der Waals surface area contributed by atoms with Gasteiger partial charge in [-0.05, 0) is 27.2 Å². The Morgan fingerprint density at radius 3 is 2.65 bits per heavy atom. The van der Waals surface area contributed by atoms with Crippen LogP contribution in [-0.4, -0.2) is 34.8 Å². The fraction of sp³-hybridized carbons (Fsp3) is 0.800. The first-order chi connectivity index (χ1) is 7.75. The first kappa shape index (κ1) is 12.8. The number of hydrogen-bond acceptors (Lipinski definition) is 6. The molecule has 2 heterocycles. The quantitative estimate of drug-likeness (QED) is 0.888. The Balaban J connectivity index is 2.09. The Labute approximate surface area is 106 Å². The van der Waals surface area contributed by atoms with Crippen molar-refractivity contribution in [3.8, 4) is 0 Å². The van der Waals surface area contributed by atoms with Crippen LogP contribution < -0.4 is 5.32 Å². The van der Waals surface area contributed by atoms with E-state index in [1.165, 1.54) is 11.5 Å². The molecule has 0 bridgehead atoms. The van der Waals surface area contributed by atoms with Gasteiger partial charge in [-0.2, -0.15) is 4.37 Å². The van der Waals surface area contributed by atoms with Crippen molar-refractivity contribution in [3.05, 3.63) is 5.82 Å². The molecular weight excluding hydrogens is 258 g/mol. The Morgan fingerprint density at radius 1 is 1.41 bits per heavy atom. The molecule has 1 N–H and O–H groups in total. The molecule has 0 saturated carbocycles. The molecule has 96 valence electrons. The fourth-order valence-electron chi connectivity index (χ4n) is 1.77. The van der Waals surface area contributed by atoms with Crippen molar-refractivity contribution in [1.29, 1.82) is 0 Å². The normalized spacial score (nSPS) is 23.8. The number of nitrogens with one attached hydrogen (secondary N) is 1. The van der Waals surface area contributed by atoms with Crippen LogP contribution in [0.2, 0.25) is 0 Å². The minimum atomic E-state index is -2.87. The summed E-state index contributed by atoms with van der Waals surface area (Å²) in [6.45, 7) is 6.15. The number of aromatic nitrogens is 2. The van der Waals surface area contributed by atoms with E-state index in [1.807, 2.05) is 20.8 Å². The molecule has 1 saturated heterocycles. The van der Waals surface area contributed by atoms with Gasteiger partial charge in [0.1, 0.15) is 5.82 Å². The predicted octanol–water partition coefficient (Wildman–Crippen LogP) is 1.65. The zero-order valence-corrected chi connectivity index (χ0v) is 11.9. The number of rotatable bonds is 2. The van der Waals surface area contributed by atoms with Crippen LogP contribution in [-0.2, 0) is 9.84 Å². The molecule has 1 aromatic heterocycles. The highest BCUT2D eigenvalue weighted by atomic mass is 32.2. The number of anilines is 1. The standard InChI is InChI=1S/C10H17N3O2S2/c1-10(2,3)12-9-11-8(13-16-9)7-4-5-17(14,15)6-7/h7H,4-6H2,1-3H3,(H,11,12,13). The lowest BCUT2D eigenvalue weighted by Gasteiger charge is -2.18. The van der Waals surface area contributed by atoms with Gasteiger partial charge in [0.15, 0.2) is 9.84 Å². The van der Waals surface area contributed by atoms with Crippen LogP contribution >= 0.6 is 11.5 Å². The third-order valence-corrected chi connectivity index (χ3v) is 4.93. The average molecular weight is 275 g/mol. The molecular formula is C10H17N3O2S2. The summed E-state index contributed by atoms with van der Waals surface area (Å²) in [7, 11) is -2.87. The molecule has 0 aliphatic carbocycles. The average Bonchev–Trinajstić information content (AvgIpc) is 2.69. The van der Waals surface area contributed by atoms with Crippen molar-refractivity contribution in [3.63, 3.8) is 0 Å². The summed E-state index contributed by atoms with van der Waals surface area (Å²) in [4.78, 5) is 4.38. The van der Waals surface area contributed by atoms with E-state index in [1.54, 1.807) is 0 Å². The lowest BCUT2D eigenvalue weighted by Crippen LogP contribution is -2.25. The first-order valence-corrected chi connectivity index (χ1v) is 8.17. The Morgan fingerprint density at radius 2 is 2.12 bits per heavy atom. The monoisotopic (exact) mass is 275 g/mol. The maximum absolute atomic E-state index is 11.4. The van der Waals surface area contributed by atoms with Crippen LogP contribution in [0.3, 0.4) is 0 Å². The maximum atomic E-state index is 11.4. The van der Waals surface area contributed by atoms with Gasteiger partial charge in [0.2, 0.25) is 5.13 Å². The van der Waals surface area contributed by atoms with Crippen molar-refractivity contribution >= 4 is 26.5 Å². The zero-order valence-electron chi connectivity index (χ0n) is 10.2. The van der Waals surface area contributed by atoms with Crippen LogP contribution in [0.5, 0.6) is 0 Å². The Hall–Kier alpha value is -0.690. The SMILES string of the molecule is CC(C)(C)Nc1nc(C2CCS(=O)(=O)C2)ns1. The van der Waals surface area contributed by atoms with Gasteiger partial charge in [0.25, 0.3) is 0 Å². The topological polar surface area (TPSA) is 72.0 Å². The van der Waals surface area contributed by atoms with Gasteiger partial charge in [-0.15, -0.1) is 0 Å². The van der Waals surface area contributed by atoms with Gasteiger partial charge in [-0.3, -0.25) is 0 Å². The van der Waals surface area contributed by atoms with E-state index in [4.69, 9.17) is 0 Å². The number of hydrogen-bond donors (Lipinski definition) is 1. The van der Waals surface area contributed by atoms with Gasteiger partial charge >= 0.3 is 0 Å². The second-order valence-corrected chi connectivity index (χ2v) is 8.41. The molecule has 17 heavy (non-hydrogen) atoms. The number of sulfone groups is 1. The first-order valence-electron chi connectivity index (χ1n) is 5.57. The molecule has 1 unspecified atom stereocenters. The van der Waals surface area contributed by atoms with E-state index in [2.05, 4.69) is 14.7 Å². The molecule has 1 aliphatic heterocycles. The summed E-state index contributed by atoms with van der Waals surface area (Å²) in [6.07, 6.45) is 0.647. The molecule has 5 nitrogen and oxygen atoms in total. The lowest BCUT2D eigenvalue weighted by molar-refractivity contribution is 0.601. The van der Waals surface area contributed by atoms with E-state index < -0.39 is 9.84 Å². The molecule has 7 heteroatoms. The summed E-state index contributed by atoms with van der Waals surface area (Å²) < 4.78 is 27.0. The largest absolute Gasteiger partial charge is 0.356 e.